The van der Waals surface area contributed by atoms with Crippen LogP contribution in [0.15, 0.2) is 34.8 Å². The molecule has 3 aromatic rings. The molecular formula is C27H28BrF2O6P. The third kappa shape index (κ3) is 4.57. The summed E-state index contributed by atoms with van der Waals surface area (Å²) in [6, 6.07) is 8.68. The van der Waals surface area contributed by atoms with E-state index in [0.29, 0.717) is 22.1 Å². The number of ether oxygens (including phenoxy) is 5. The van der Waals surface area contributed by atoms with Crippen molar-refractivity contribution >= 4 is 39.0 Å². The van der Waals surface area contributed by atoms with Gasteiger partial charge in [0.1, 0.15) is 11.5 Å². The molecule has 0 unspecified atom stereocenters. The Morgan fingerprint density at radius 2 is 1.27 bits per heavy atom. The molecule has 1 aliphatic heterocycles. The first-order chi connectivity index (χ1) is 17.4. The van der Waals surface area contributed by atoms with Crippen LogP contribution in [-0.4, -0.2) is 27.1 Å². The highest BCUT2D eigenvalue weighted by molar-refractivity contribution is 9.10. The van der Waals surface area contributed by atoms with E-state index in [1.165, 1.54) is 6.07 Å². The second-order valence-electron chi connectivity index (χ2n) is 8.80. The predicted octanol–water partition coefficient (Wildman–Crippen LogP) is 6.06. The summed E-state index contributed by atoms with van der Waals surface area (Å²) in [4.78, 5) is 0. The van der Waals surface area contributed by atoms with E-state index in [0.717, 1.165) is 22.3 Å². The zero-order valence-corrected chi connectivity index (χ0v) is 24.1. The largest absolute Gasteiger partial charge is 0.586 e. The normalized spacial score (nSPS) is 14.0. The van der Waals surface area contributed by atoms with Crippen molar-refractivity contribution in [3.63, 3.8) is 0 Å². The van der Waals surface area contributed by atoms with Crippen LogP contribution < -0.4 is 39.6 Å². The average molecular weight is 597 g/mol. The minimum absolute atomic E-state index is 0.0111. The van der Waals surface area contributed by atoms with Gasteiger partial charge in [0.2, 0.25) is 5.75 Å². The molecule has 0 fully saturated rings. The second kappa shape index (κ2) is 9.84. The summed E-state index contributed by atoms with van der Waals surface area (Å²) in [7, 11) is -0.571. The van der Waals surface area contributed by atoms with Gasteiger partial charge in [-0.05, 0) is 103 Å². The molecular weight excluding hydrogens is 569 g/mol. The number of benzene rings is 3. The molecule has 37 heavy (non-hydrogen) atoms. The van der Waals surface area contributed by atoms with Crippen LogP contribution in [-0.2, 0) is 4.57 Å². The van der Waals surface area contributed by atoms with E-state index < -0.39 is 13.4 Å². The van der Waals surface area contributed by atoms with Crippen LogP contribution in [0.1, 0.15) is 29.2 Å². The maximum absolute atomic E-state index is 15.5. The highest BCUT2D eigenvalue weighted by atomic mass is 79.9. The van der Waals surface area contributed by atoms with Crippen LogP contribution in [0.3, 0.4) is 0 Å². The van der Waals surface area contributed by atoms with Gasteiger partial charge in [-0.25, -0.2) is 0 Å². The van der Waals surface area contributed by atoms with Crippen LogP contribution in [0.5, 0.6) is 28.7 Å². The Kier molecular flexibility index (Phi) is 7.25. The van der Waals surface area contributed by atoms with Gasteiger partial charge in [-0.15, -0.1) is 8.78 Å². The van der Waals surface area contributed by atoms with Gasteiger partial charge in [0.15, 0.2) is 18.6 Å². The quantitative estimate of drug-likeness (QED) is 0.309. The Balaban J connectivity index is 2.12. The summed E-state index contributed by atoms with van der Waals surface area (Å²) in [5.74, 6) is 0.846. The summed E-state index contributed by atoms with van der Waals surface area (Å²) < 4.78 is 70.2. The fourth-order valence-electron chi connectivity index (χ4n) is 4.81. The van der Waals surface area contributed by atoms with Crippen molar-refractivity contribution in [3.05, 3.63) is 57.1 Å². The van der Waals surface area contributed by atoms with E-state index in [-0.39, 0.29) is 33.6 Å². The van der Waals surface area contributed by atoms with Gasteiger partial charge in [0, 0.05) is 15.9 Å². The van der Waals surface area contributed by atoms with Crippen LogP contribution in [0, 0.1) is 27.7 Å². The van der Waals surface area contributed by atoms with Gasteiger partial charge in [0.25, 0.3) is 0 Å². The van der Waals surface area contributed by atoms with Gasteiger partial charge < -0.3 is 28.2 Å². The number of fused-ring (bicyclic) bond motifs is 1. The molecule has 1 aliphatic rings. The average Bonchev–Trinajstić information content (AvgIpc) is 3.16. The number of rotatable bonds is 7. The third-order valence-corrected chi connectivity index (χ3v) is 10.3. The van der Waals surface area contributed by atoms with Gasteiger partial charge in [-0.1, -0.05) is 0 Å². The standard InChI is InChI=1S/C27H28BrF2O6P/c1-8-34-20-13-21(22(28)26-25(20)35-27(29,30)36-26)37(31,18-9-14(2)23(32-6)15(3)10-18)19-11-16(4)24(33-7)17(5)12-19/h9-13H,8H2,1-7H3. The van der Waals surface area contributed by atoms with Crippen molar-refractivity contribution in [3.8, 4) is 28.7 Å². The van der Waals surface area contributed by atoms with Gasteiger partial charge in [-0.3, -0.25) is 0 Å². The van der Waals surface area contributed by atoms with Crippen molar-refractivity contribution in [2.75, 3.05) is 20.8 Å². The highest BCUT2D eigenvalue weighted by Gasteiger charge is 2.48. The summed E-state index contributed by atoms with van der Waals surface area (Å²) in [5.41, 5.74) is 3.14. The molecule has 4 rings (SSSR count). The summed E-state index contributed by atoms with van der Waals surface area (Å²) in [6.07, 6.45) is -3.89. The van der Waals surface area contributed by atoms with Crippen molar-refractivity contribution in [2.24, 2.45) is 0 Å². The maximum Gasteiger partial charge on any atom is 0.586 e. The molecule has 0 saturated carbocycles. The molecule has 0 saturated heterocycles. The Labute approximate surface area is 223 Å². The van der Waals surface area contributed by atoms with E-state index in [1.54, 1.807) is 45.4 Å². The lowest BCUT2D eigenvalue weighted by Gasteiger charge is -2.25. The Hall–Kier alpha value is -2.77. The lowest BCUT2D eigenvalue weighted by molar-refractivity contribution is -0.287. The third-order valence-electron chi connectivity index (χ3n) is 6.23. The van der Waals surface area contributed by atoms with Crippen LogP contribution in [0.25, 0.3) is 0 Å². The second-order valence-corrected chi connectivity index (χ2v) is 12.3. The number of halogens is 3. The molecule has 0 N–H and O–H groups in total. The van der Waals surface area contributed by atoms with Crippen LogP contribution in [0.4, 0.5) is 8.78 Å². The molecule has 198 valence electrons. The van der Waals surface area contributed by atoms with Crippen molar-refractivity contribution in [1.29, 1.82) is 0 Å². The maximum atomic E-state index is 15.5. The molecule has 0 aliphatic carbocycles. The fraction of sp³-hybridized carbons (Fsp3) is 0.333. The van der Waals surface area contributed by atoms with E-state index >= 15 is 4.57 Å². The molecule has 0 amide bonds. The Morgan fingerprint density at radius 3 is 1.68 bits per heavy atom. The summed E-state index contributed by atoms with van der Waals surface area (Å²) in [5, 5.41) is 1.24. The van der Waals surface area contributed by atoms with Crippen molar-refractivity contribution in [1.82, 2.24) is 0 Å². The Morgan fingerprint density at radius 1 is 0.838 bits per heavy atom. The van der Waals surface area contributed by atoms with Gasteiger partial charge in [-0.2, -0.15) is 0 Å². The lowest BCUT2D eigenvalue weighted by atomic mass is 10.1. The summed E-state index contributed by atoms with van der Waals surface area (Å²) >= 11 is 3.41. The van der Waals surface area contributed by atoms with E-state index in [1.807, 2.05) is 27.7 Å². The van der Waals surface area contributed by atoms with E-state index in [9.17, 15) is 8.78 Å². The SMILES string of the molecule is CCOc1cc(P(=O)(c2cc(C)c(OC)c(C)c2)c2cc(C)c(OC)c(C)c2)c(Br)c2c1OC(F)(F)O2. The number of aryl methyl sites for hydroxylation is 4. The first-order valence-electron chi connectivity index (χ1n) is 11.5. The fourth-order valence-corrected chi connectivity index (χ4v) is 8.97. The van der Waals surface area contributed by atoms with E-state index in [4.69, 9.17) is 23.7 Å². The lowest BCUT2D eigenvalue weighted by Crippen LogP contribution is -2.28. The number of hydrogen-bond acceptors (Lipinski definition) is 6. The number of methoxy groups -OCH3 is 2. The van der Waals surface area contributed by atoms with Crippen LogP contribution in [0.2, 0.25) is 0 Å². The number of alkyl halides is 2. The molecule has 3 aromatic carbocycles. The molecule has 6 nitrogen and oxygen atoms in total. The molecule has 0 bridgehead atoms. The van der Waals surface area contributed by atoms with Crippen molar-refractivity contribution < 1.29 is 37.0 Å². The smallest absolute Gasteiger partial charge is 0.496 e. The molecule has 0 spiro atoms. The van der Waals surface area contributed by atoms with Gasteiger partial charge >= 0.3 is 6.29 Å². The zero-order chi connectivity index (χ0) is 27.3. The van der Waals surface area contributed by atoms with Gasteiger partial charge in [0.05, 0.1) is 25.3 Å². The Bertz CT molecular complexity index is 1330. The summed E-state index contributed by atoms with van der Waals surface area (Å²) in [6.45, 7) is 9.36. The zero-order valence-electron chi connectivity index (χ0n) is 21.6. The predicted molar refractivity (Wildman–Crippen MR) is 143 cm³/mol. The molecule has 0 aromatic heterocycles. The monoisotopic (exact) mass is 596 g/mol. The first-order valence-corrected chi connectivity index (χ1v) is 14.0. The highest BCUT2D eigenvalue weighted by Crippen LogP contribution is 2.56. The molecule has 0 radical (unpaired) electrons. The number of hydrogen-bond donors (Lipinski definition) is 0. The minimum Gasteiger partial charge on any atom is -0.496 e. The molecule has 1 heterocycles. The molecule has 0 atom stereocenters. The minimum atomic E-state index is -3.89. The van der Waals surface area contributed by atoms with Crippen molar-refractivity contribution in [2.45, 2.75) is 40.9 Å². The van der Waals surface area contributed by atoms with E-state index in [2.05, 4.69) is 15.9 Å². The van der Waals surface area contributed by atoms with Crippen LogP contribution >= 0.6 is 23.1 Å². The first kappa shape index (κ1) is 27.3. The topological polar surface area (TPSA) is 63.2 Å². The molecule has 10 heteroatoms.